The van der Waals surface area contributed by atoms with E-state index in [4.69, 9.17) is 4.74 Å². The second-order valence-corrected chi connectivity index (χ2v) is 15.2. The zero-order chi connectivity index (χ0) is 18.6. The van der Waals surface area contributed by atoms with Gasteiger partial charge in [-0.15, -0.1) is 0 Å². The Morgan fingerprint density at radius 1 is 1.08 bits per heavy atom. The van der Waals surface area contributed by atoms with Crippen molar-refractivity contribution in [3.8, 4) is 0 Å². The van der Waals surface area contributed by atoms with E-state index >= 15 is 0 Å². The van der Waals surface area contributed by atoms with Crippen LogP contribution in [0.1, 0.15) is 53.5 Å². The maximum Gasteiger partial charge on any atom is 0.263 e. The number of nitrogens with zero attached hydrogens (tertiary/aromatic N) is 1. The molecule has 0 radical (unpaired) electrons. The molecule has 0 bridgehead atoms. The summed E-state index contributed by atoms with van der Waals surface area (Å²) < 4.78 is 6.42. The van der Waals surface area contributed by atoms with E-state index < -0.39 is 13.7 Å². The van der Waals surface area contributed by atoms with Gasteiger partial charge in [0.1, 0.15) is 0 Å². The lowest BCUT2D eigenvalue weighted by molar-refractivity contribution is -0.137. The highest BCUT2D eigenvalue weighted by atomic mass is 28.3. The molecule has 2 aliphatic heterocycles. The zero-order valence-corrected chi connectivity index (χ0v) is 17.8. The van der Waals surface area contributed by atoms with E-state index in [1.807, 2.05) is 25.2 Å². The number of likely N-dealkylation sites (N-methyl/N-ethyl adjacent to an activating group) is 1. The first kappa shape index (κ1) is 18.7. The molecule has 0 aromatic heterocycles. The molecule has 0 aliphatic carbocycles. The normalized spacial score (nSPS) is 26.6. The van der Waals surface area contributed by atoms with Crippen LogP contribution in [-0.4, -0.2) is 27.6 Å². The number of hydrogen-bond donors (Lipinski definition) is 0. The number of benzene rings is 1. The quantitative estimate of drug-likeness (QED) is 0.680. The van der Waals surface area contributed by atoms with Gasteiger partial charge in [-0.05, 0) is 18.0 Å². The number of anilines is 1. The first-order valence-electron chi connectivity index (χ1n) is 9.71. The fraction of sp³-hybridized carbons (Fsp3) is 0.667. The largest absolute Gasteiger partial charge is 0.360 e. The number of rotatable bonds is 4. The molecule has 1 aromatic rings. The highest BCUT2D eigenvalue weighted by Crippen LogP contribution is 2.59. The monoisotopic (exact) mass is 359 g/mol. The second kappa shape index (κ2) is 6.24. The van der Waals surface area contributed by atoms with Crippen molar-refractivity contribution in [1.82, 2.24) is 0 Å². The molecule has 2 aliphatic rings. The molecule has 2 atom stereocenters. The summed E-state index contributed by atoms with van der Waals surface area (Å²) in [5.74, 6) is 0.121. The highest BCUT2D eigenvalue weighted by molar-refractivity contribution is 6.85. The van der Waals surface area contributed by atoms with E-state index in [1.165, 1.54) is 0 Å². The number of para-hydroxylation sites is 1. The molecule has 1 spiro atoms. The maximum absolute atomic E-state index is 13.2. The van der Waals surface area contributed by atoms with Crippen molar-refractivity contribution < 1.29 is 9.53 Å². The highest BCUT2D eigenvalue weighted by Gasteiger charge is 2.61. The van der Waals surface area contributed by atoms with Crippen molar-refractivity contribution >= 4 is 19.7 Å². The molecule has 25 heavy (non-hydrogen) atoms. The smallest absolute Gasteiger partial charge is 0.263 e. The average Bonchev–Trinajstić information content (AvgIpc) is 3.06. The molecule has 1 saturated heterocycles. The summed E-state index contributed by atoms with van der Waals surface area (Å²) in [6.45, 7) is 15.1. The molecule has 1 amide bonds. The van der Waals surface area contributed by atoms with Gasteiger partial charge in [0.15, 0.2) is 5.60 Å². The van der Waals surface area contributed by atoms with E-state index in [-0.39, 0.29) is 5.91 Å². The van der Waals surface area contributed by atoms with Crippen LogP contribution in [0.4, 0.5) is 5.69 Å². The standard InChI is InChI=1S/C21H33NO2Si/c1-14(2)25(15(3)4,16(5)6)17-12-21(24-13-17)18-10-8-9-11-19(18)22(7)20(21)23/h8-11,14-17H,12-13H2,1-7H3/t17-,21+/m0/s1. The van der Waals surface area contributed by atoms with Crippen molar-refractivity contribution in [3.63, 3.8) is 0 Å². The molecule has 1 aromatic carbocycles. The lowest BCUT2D eigenvalue weighted by atomic mass is 9.92. The first-order chi connectivity index (χ1) is 11.7. The molecular formula is C21H33NO2Si. The second-order valence-electron chi connectivity index (χ2n) is 8.88. The summed E-state index contributed by atoms with van der Waals surface area (Å²) in [5.41, 5.74) is 3.91. The third kappa shape index (κ3) is 2.37. The number of ether oxygens (including phenoxy) is 1. The van der Waals surface area contributed by atoms with Crippen LogP contribution in [0.25, 0.3) is 0 Å². The topological polar surface area (TPSA) is 29.5 Å². The van der Waals surface area contributed by atoms with Gasteiger partial charge < -0.3 is 9.64 Å². The number of amides is 1. The zero-order valence-electron chi connectivity index (χ0n) is 16.8. The molecule has 0 N–H and O–H groups in total. The fourth-order valence-electron chi connectivity index (χ4n) is 6.38. The van der Waals surface area contributed by atoms with E-state index in [9.17, 15) is 4.79 Å². The minimum Gasteiger partial charge on any atom is -0.360 e. The first-order valence-corrected chi connectivity index (χ1v) is 12.0. The van der Waals surface area contributed by atoms with E-state index in [0.29, 0.717) is 22.2 Å². The van der Waals surface area contributed by atoms with Crippen LogP contribution >= 0.6 is 0 Å². The van der Waals surface area contributed by atoms with E-state index in [2.05, 4.69) is 47.6 Å². The lowest BCUT2D eigenvalue weighted by Gasteiger charge is -2.47. The molecular weight excluding hydrogens is 326 g/mol. The van der Waals surface area contributed by atoms with Gasteiger partial charge >= 0.3 is 0 Å². The number of fused-ring (bicyclic) bond motifs is 2. The van der Waals surface area contributed by atoms with Crippen LogP contribution in [0.3, 0.4) is 0 Å². The van der Waals surface area contributed by atoms with Crippen molar-refractivity contribution in [1.29, 1.82) is 0 Å². The Balaban J connectivity index is 2.05. The number of carbonyl (C=O) groups is 1. The fourth-order valence-corrected chi connectivity index (χ4v) is 14.2. The molecule has 3 nitrogen and oxygen atoms in total. The number of carbonyl (C=O) groups excluding carboxylic acids is 1. The molecule has 3 rings (SSSR count). The van der Waals surface area contributed by atoms with Crippen LogP contribution in [0.5, 0.6) is 0 Å². The minimum absolute atomic E-state index is 0.121. The van der Waals surface area contributed by atoms with Crippen LogP contribution in [0.2, 0.25) is 22.2 Å². The van der Waals surface area contributed by atoms with Crippen LogP contribution < -0.4 is 4.90 Å². The van der Waals surface area contributed by atoms with Gasteiger partial charge in [-0.1, -0.05) is 76.4 Å². The van der Waals surface area contributed by atoms with Gasteiger partial charge in [0.25, 0.3) is 5.91 Å². The summed E-state index contributed by atoms with van der Waals surface area (Å²) in [5, 5.41) is 0. The predicted molar refractivity (Wildman–Crippen MR) is 107 cm³/mol. The van der Waals surface area contributed by atoms with Crippen LogP contribution in [0.15, 0.2) is 24.3 Å². The molecule has 2 heterocycles. The average molecular weight is 360 g/mol. The number of hydrogen-bond acceptors (Lipinski definition) is 2. The Bertz CT molecular complexity index is 648. The lowest BCUT2D eigenvalue weighted by Crippen LogP contribution is -2.49. The van der Waals surface area contributed by atoms with Crippen LogP contribution in [0, 0.1) is 0 Å². The van der Waals surface area contributed by atoms with E-state index in [0.717, 1.165) is 24.3 Å². The summed E-state index contributed by atoms with van der Waals surface area (Å²) in [6, 6.07) is 8.16. The molecule has 4 heteroatoms. The Morgan fingerprint density at radius 3 is 2.20 bits per heavy atom. The van der Waals surface area contributed by atoms with E-state index in [1.54, 1.807) is 4.90 Å². The van der Waals surface area contributed by atoms with Gasteiger partial charge in [-0.3, -0.25) is 4.79 Å². The summed E-state index contributed by atoms with van der Waals surface area (Å²) >= 11 is 0. The van der Waals surface area contributed by atoms with Gasteiger partial charge in [0.05, 0.1) is 13.8 Å². The summed E-state index contributed by atoms with van der Waals surface area (Å²) in [6.07, 6.45) is 0.855. The Kier molecular flexibility index (Phi) is 4.65. The molecule has 1 fully saturated rings. The van der Waals surface area contributed by atoms with Gasteiger partial charge in [-0.25, -0.2) is 0 Å². The molecule has 0 saturated carbocycles. The van der Waals surface area contributed by atoms with Crippen molar-refractivity contribution in [3.05, 3.63) is 29.8 Å². The summed E-state index contributed by atoms with van der Waals surface area (Å²) in [7, 11) is 0.223. The van der Waals surface area contributed by atoms with Gasteiger partial charge in [0.2, 0.25) is 0 Å². The van der Waals surface area contributed by atoms with Crippen molar-refractivity contribution in [2.24, 2.45) is 0 Å². The third-order valence-corrected chi connectivity index (χ3v) is 14.9. The van der Waals surface area contributed by atoms with Gasteiger partial charge in [0, 0.05) is 19.2 Å². The Morgan fingerprint density at radius 2 is 1.64 bits per heavy atom. The predicted octanol–water partition coefficient (Wildman–Crippen LogP) is 5.33. The Hall–Kier alpha value is -1.13. The molecule has 0 unspecified atom stereocenters. The minimum atomic E-state index is -1.66. The van der Waals surface area contributed by atoms with Gasteiger partial charge in [-0.2, -0.15) is 0 Å². The van der Waals surface area contributed by atoms with Crippen molar-refractivity contribution in [2.75, 3.05) is 18.6 Å². The Labute approximate surface area is 153 Å². The summed E-state index contributed by atoms with van der Waals surface area (Å²) in [4.78, 5) is 15.0. The van der Waals surface area contributed by atoms with Crippen LogP contribution in [-0.2, 0) is 15.1 Å². The van der Waals surface area contributed by atoms with Crippen molar-refractivity contribution in [2.45, 2.75) is 75.7 Å². The maximum atomic E-state index is 13.2. The SMILES string of the molecule is CC(C)[Si](C(C)C)(C(C)C)[C@@H]1CO[C@@]2(C1)C(=O)N(C)c1ccccc12. The molecule has 138 valence electrons. The third-order valence-electron chi connectivity index (χ3n) is 7.12.